The zero-order chi connectivity index (χ0) is 10.2. The number of rotatable bonds is 1. The number of aromatic hydroxyl groups is 1. The third-order valence-corrected chi connectivity index (χ3v) is 3.69. The second-order valence-corrected chi connectivity index (χ2v) is 5.48. The molecule has 0 aliphatic heterocycles. The normalized spacial score (nSPS) is 11.6. The van der Waals surface area contributed by atoms with E-state index >= 15 is 0 Å². The Morgan fingerprint density at radius 2 is 2.00 bits per heavy atom. The molecule has 72 valence electrons. The number of phenolic OH excluding ortho intramolecular Hbond substituents is 1. The zero-order valence-corrected chi connectivity index (χ0v) is 9.12. The highest BCUT2D eigenvalue weighted by Gasteiger charge is 2.19. The summed E-state index contributed by atoms with van der Waals surface area (Å²) in [6.45, 7) is 0. The van der Waals surface area contributed by atoms with Gasteiger partial charge >= 0.3 is 0 Å². The Labute approximate surface area is 86.7 Å². The minimum Gasteiger partial charge on any atom is -0.505 e. The van der Waals surface area contributed by atoms with Crippen molar-refractivity contribution in [1.29, 1.82) is 0 Å². The van der Waals surface area contributed by atoms with Crippen LogP contribution in [0.25, 0.3) is 0 Å². The standard InChI is InChI=1S/C6H3BrClFO3S/c7-5-4(13(8,11)12)2-1-3(10)6(5)9/h1-2,10H. The van der Waals surface area contributed by atoms with Crippen molar-refractivity contribution in [2.75, 3.05) is 0 Å². The molecule has 0 fully saturated rings. The van der Waals surface area contributed by atoms with Gasteiger partial charge in [0.2, 0.25) is 0 Å². The smallest absolute Gasteiger partial charge is 0.262 e. The van der Waals surface area contributed by atoms with Crippen molar-refractivity contribution in [1.82, 2.24) is 0 Å². The number of hydrogen-bond donors (Lipinski definition) is 1. The van der Waals surface area contributed by atoms with Gasteiger partial charge in [0.15, 0.2) is 11.6 Å². The fourth-order valence-electron chi connectivity index (χ4n) is 0.710. The lowest BCUT2D eigenvalue weighted by molar-refractivity contribution is 0.428. The maximum Gasteiger partial charge on any atom is 0.262 e. The summed E-state index contributed by atoms with van der Waals surface area (Å²) < 4.78 is 34.1. The van der Waals surface area contributed by atoms with Crippen LogP contribution in [0.3, 0.4) is 0 Å². The highest BCUT2D eigenvalue weighted by Crippen LogP contribution is 2.32. The van der Waals surface area contributed by atoms with Crippen molar-refractivity contribution >= 4 is 35.7 Å². The lowest BCUT2D eigenvalue weighted by atomic mass is 10.3. The summed E-state index contributed by atoms with van der Waals surface area (Å²) in [5, 5.41) is 8.85. The molecule has 0 saturated carbocycles. The van der Waals surface area contributed by atoms with Crippen molar-refractivity contribution in [3.05, 3.63) is 22.4 Å². The lowest BCUT2D eigenvalue weighted by Crippen LogP contribution is -1.94. The molecule has 7 heteroatoms. The molecule has 0 bridgehead atoms. The largest absolute Gasteiger partial charge is 0.505 e. The van der Waals surface area contributed by atoms with E-state index in [1.165, 1.54) is 0 Å². The molecule has 1 N–H and O–H groups in total. The predicted molar refractivity (Wildman–Crippen MR) is 48.8 cm³/mol. The first kappa shape index (κ1) is 10.7. The Balaban J connectivity index is 3.53. The van der Waals surface area contributed by atoms with Crippen molar-refractivity contribution < 1.29 is 17.9 Å². The SMILES string of the molecule is O=S(=O)(Cl)c1ccc(O)c(F)c1Br. The quantitative estimate of drug-likeness (QED) is 0.807. The summed E-state index contributed by atoms with van der Waals surface area (Å²) >= 11 is 2.67. The number of benzene rings is 1. The van der Waals surface area contributed by atoms with E-state index < -0.39 is 25.5 Å². The summed E-state index contributed by atoms with van der Waals surface area (Å²) in [6, 6.07) is 1.92. The Morgan fingerprint density at radius 1 is 1.46 bits per heavy atom. The van der Waals surface area contributed by atoms with Crippen LogP contribution in [-0.4, -0.2) is 13.5 Å². The molecular formula is C6H3BrClFO3S. The second-order valence-electron chi connectivity index (χ2n) is 2.15. The van der Waals surface area contributed by atoms with Gasteiger partial charge in [0.05, 0.1) is 9.37 Å². The molecule has 1 rings (SSSR count). The first-order valence-electron chi connectivity index (χ1n) is 2.95. The molecule has 3 nitrogen and oxygen atoms in total. The number of hydrogen-bond acceptors (Lipinski definition) is 3. The maximum atomic E-state index is 12.9. The zero-order valence-electron chi connectivity index (χ0n) is 5.96. The van der Waals surface area contributed by atoms with Crippen LogP contribution in [0.2, 0.25) is 0 Å². The fourth-order valence-corrected chi connectivity index (χ4v) is 2.88. The molecule has 1 aromatic rings. The molecule has 0 radical (unpaired) electrons. The third-order valence-electron chi connectivity index (χ3n) is 1.29. The Morgan fingerprint density at radius 3 is 2.46 bits per heavy atom. The van der Waals surface area contributed by atoms with E-state index in [4.69, 9.17) is 15.8 Å². The highest BCUT2D eigenvalue weighted by molar-refractivity contribution is 9.10. The lowest BCUT2D eigenvalue weighted by Gasteiger charge is -2.02. The molecule has 0 aliphatic rings. The van der Waals surface area contributed by atoms with Gasteiger partial charge in [-0.05, 0) is 28.1 Å². The van der Waals surface area contributed by atoms with Crippen LogP contribution in [0.4, 0.5) is 4.39 Å². The molecule has 0 aromatic heterocycles. The van der Waals surface area contributed by atoms with E-state index in [2.05, 4.69) is 15.9 Å². The minimum absolute atomic E-state index is 0.373. The average molecular weight is 290 g/mol. The van der Waals surface area contributed by atoms with Crippen LogP contribution in [-0.2, 0) is 9.05 Å². The first-order chi connectivity index (χ1) is 5.84. The molecule has 1 aromatic carbocycles. The van der Waals surface area contributed by atoms with E-state index in [1.807, 2.05) is 0 Å². The van der Waals surface area contributed by atoms with Crippen LogP contribution < -0.4 is 0 Å². The Hall–Kier alpha value is -0.330. The highest BCUT2D eigenvalue weighted by atomic mass is 79.9. The summed E-state index contributed by atoms with van der Waals surface area (Å²) in [5.41, 5.74) is 0. The van der Waals surface area contributed by atoms with Gasteiger partial charge in [-0.15, -0.1) is 0 Å². The van der Waals surface area contributed by atoms with Gasteiger partial charge < -0.3 is 5.11 Å². The van der Waals surface area contributed by atoms with Crippen molar-refractivity contribution in [2.24, 2.45) is 0 Å². The van der Waals surface area contributed by atoms with E-state index in [1.54, 1.807) is 0 Å². The van der Waals surface area contributed by atoms with Crippen LogP contribution in [0, 0.1) is 5.82 Å². The monoisotopic (exact) mass is 288 g/mol. The molecule has 13 heavy (non-hydrogen) atoms. The molecule has 0 unspecified atom stereocenters. The molecule has 0 heterocycles. The Bertz CT molecular complexity index is 445. The number of halogens is 3. The fraction of sp³-hybridized carbons (Fsp3) is 0. The molecule has 0 atom stereocenters. The molecule has 0 spiro atoms. The van der Waals surface area contributed by atoms with Gasteiger partial charge in [-0.1, -0.05) is 0 Å². The Kier molecular flexibility index (Phi) is 2.84. The van der Waals surface area contributed by atoms with Crippen molar-refractivity contribution in [2.45, 2.75) is 4.90 Å². The summed E-state index contributed by atoms with van der Waals surface area (Å²) in [7, 11) is 0.984. The first-order valence-corrected chi connectivity index (χ1v) is 6.06. The number of phenols is 1. The van der Waals surface area contributed by atoms with Gasteiger partial charge in [-0.25, -0.2) is 12.8 Å². The summed E-state index contributed by atoms with van der Waals surface area (Å²) in [5.74, 6) is -1.70. The second kappa shape index (κ2) is 3.43. The summed E-state index contributed by atoms with van der Waals surface area (Å²) in [6.07, 6.45) is 0. The van der Waals surface area contributed by atoms with Gasteiger partial charge in [-0.2, -0.15) is 0 Å². The van der Waals surface area contributed by atoms with Crippen molar-refractivity contribution in [3.8, 4) is 5.75 Å². The molecule has 0 amide bonds. The van der Waals surface area contributed by atoms with Crippen molar-refractivity contribution in [3.63, 3.8) is 0 Å². The summed E-state index contributed by atoms with van der Waals surface area (Å²) in [4.78, 5) is -0.413. The van der Waals surface area contributed by atoms with Crippen LogP contribution >= 0.6 is 26.6 Å². The molecular weight excluding hydrogens is 286 g/mol. The van der Waals surface area contributed by atoms with Crippen LogP contribution in [0.15, 0.2) is 21.5 Å². The van der Waals surface area contributed by atoms with E-state index in [0.717, 1.165) is 12.1 Å². The van der Waals surface area contributed by atoms with Gasteiger partial charge in [-0.3, -0.25) is 0 Å². The van der Waals surface area contributed by atoms with Crippen LogP contribution in [0.5, 0.6) is 5.75 Å². The van der Waals surface area contributed by atoms with E-state index in [0.29, 0.717) is 0 Å². The molecule has 0 aliphatic carbocycles. The maximum absolute atomic E-state index is 12.9. The van der Waals surface area contributed by atoms with Gasteiger partial charge in [0, 0.05) is 10.7 Å². The predicted octanol–water partition coefficient (Wildman–Crippen LogP) is 2.22. The van der Waals surface area contributed by atoms with Gasteiger partial charge in [0.25, 0.3) is 9.05 Å². The van der Waals surface area contributed by atoms with E-state index in [-0.39, 0.29) is 4.47 Å². The van der Waals surface area contributed by atoms with E-state index in [9.17, 15) is 12.8 Å². The average Bonchev–Trinajstić information content (AvgIpc) is 1.98. The topological polar surface area (TPSA) is 54.4 Å². The van der Waals surface area contributed by atoms with Gasteiger partial charge in [0.1, 0.15) is 0 Å². The molecule has 0 saturated heterocycles. The minimum atomic E-state index is -4.00. The van der Waals surface area contributed by atoms with Crippen LogP contribution in [0.1, 0.15) is 0 Å². The third kappa shape index (κ3) is 2.12.